The summed E-state index contributed by atoms with van der Waals surface area (Å²) in [7, 11) is 1.90. The van der Waals surface area contributed by atoms with E-state index in [1.54, 1.807) is 4.68 Å². The Labute approximate surface area is 66.5 Å². The smallest absolute Gasteiger partial charge is 0.0847 e. The van der Waals surface area contributed by atoms with Crippen LogP contribution in [-0.4, -0.2) is 16.3 Å². The van der Waals surface area contributed by atoms with Crippen molar-refractivity contribution in [1.29, 1.82) is 0 Å². The van der Waals surface area contributed by atoms with Crippen LogP contribution in [0, 0.1) is 0 Å². The maximum Gasteiger partial charge on any atom is 0.0847 e. The van der Waals surface area contributed by atoms with E-state index in [0.717, 1.165) is 12.1 Å². The average Bonchev–Trinajstić information content (AvgIpc) is 2.37. The van der Waals surface area contributed by atoms with Gasteiger partial charge in [0.1, 0.15) is 0 Å². The molecular formula is C8H13N3. The summed E-state index contributed by atoms with van der Waals surface area (Å²) in [6.07, 6.45) is 6.84. The molecule has 0 atom stereocenters. The zero-order valence-electron chi connectivity index (χ0n) is 6.70. The van der Waals surface area contributed by atoms with Crippen molar-refractivity contribution in [3.63, 3.8) is 0 Å². The lowest BCUT2D eigenvalue weighted by molar-refractivity contribution is 0.764. The Morgan fingerprint density at radius 1 is 1.73 bits per heavy atom. The molecule has 3 nitrogen and oxygen atoms in total. The molecule has 1 heterocycles. The number of hydrogen-bond acceptors (Lipinski definition) is 2. The van der Waals surface area contributed by atoms with E-state index in [0.29, 0.717) is 6.54 Å². The molecule has 11 heavy (non-hydrogen) atoms. The molecule has 2 N–H and O–H groups in total. The van der Waals surface area contributed by atoms with E-state index in [1.807, 2.05) is 31.5 Å². The van der Waals surface area contributed by atoms with Gasteiger partial charge in [-0.1, -0.05) is 6.08 Å². The maximum atomic E-state index is 5.32. The third-order valence-corrected chi connectivity index (χ3v) is 1.36. The van der Waals surface area contributed by atoms with E-state index in [-0.39, 0.29) is 0 Å². The van der Waals surface area contributed by atoms with Crippen molar-refractivity contribution in [2.45, 2.75) is 6.42 Å². The molecule has 0 aliphatic rings. The lowest BCUT2D eigenvalue weighted by Gasteiger charge is -1.85. The van der Waals surface area contributed by atoms with Crippen LogP contribution in [0.25, 0.3) is 6.08 Å². The van der Waals surface area contributed by atoms with Gasteiger partial charge in [0.15, 0.2) is 0 Å². The van der Waals surface area contributed by atoms with Crippen molar-refractivity contribution < 1.29 is 0 Å². The highest BCUT2D eigenvalue weighted by Gasteiger charge is 1.87. The largest absolute Gasteiger partial charge is 0.330 e. The van der Waals surface area contributed by atoms with Crippen LogP contribution in [0.15, 0.2) is 18.3 Å². The number of aromatic nitrogens is 2. The second-order valence-corrected chi connectivity index (χ2v) is 2.39. The summed E-state index contributed by atoms with van der Waals surface area (Å²) in [5.41, 5.74) is 6.31. The molecule has 0 aliphatic carbocycles. The standard InChI is InChI=1S/C8H13N3/c1-11-7-5-8(10-11)4-2-3-6-9/h2,4-5,7H,3,6,9H2,1H3. The first-order valence-electron chi connectivity index (χ1n) is 3.69. The molecule has 0 unspecified atom stereocenters. The zero-order valence-corrected chi connectivity index (χ0v) is 6.70. The highest BCUT2D eigenvalue weighted by atomic mass is 15.2. The molecule has 0 spiro atoms. The molecule has 1 rings (SSSR count). The molecule has 0 radical (unpaired) electrons. The van der Waals surface area contributed by atoms with Gasteiger partial charge >= 0.3 is 0 Å². The SMILES string of the molecule is Cn1ccc(C=CCCN)n1. The Hall–Kier alpha value is -1.09. The average molecular weight is 151 g/mol. The molecule has 0 saturated carbocycles. The number of aryl methyl sites for hydroxylation is 1. The molecule has 0 fully saturated rings. The molecule has 0 aliphatic heterocycles. The summed E-state index contributed by atoms with van der Waals surface area (Å²) >= 11 is 0. The zero-order chi connectivity index (χ0) is 8.10. The van der Waals surface area contributed by atoms with Gasteiger partial charge in [-0.2, -0.15) is 5.10 Å². The van der Waals surface area contributed by atoms with Crippen molar-refractivity contribution in [3.8, 4) is 0 Å². The summed E-state index contributed by atoms with van der Waals surface area (Å²) in [6.45, 7) is 0.698. The summed E-state index contributed by atoms with van der Waals surface area (Å²) in [6, 6.07) is 1.97. The lowest BCUT2D eigenvalue weighted by atomic mass is 10.3. The monoisotopic (exact) mass is 151 g/mol. The molecule has 3 heteroatoms. The van der Waals surface area contributed by atoms with Crippen LogP contribution in [0.3, 0.4) is 0 Å². The van der Waals surface area contributed by atoms with Crippen molar-refractivity contribution in [2.24, 2.45) is 12.8 Å². The van der Waals surface area contributed by atoms with Gasteiger partial charge < -0.3 is 5.73 Å². The van der Waals surface area contributed by atoms with Gasteiger partial charge in [0.25, 0.3) is 0 Å². The second kappa shape index (κ2) is 3.93. The van der Waals surface area contributed by atoms with E-state index < -0.39 is 0 Å². The summed E-state index contributed by atoms with van der Waals surface area (Å²) in [5.74, 6) is 0. The van der Waals surface area contributed by atoms with Gasteiger partial charge in [-0.3, -0.25) is 4.68 Å². The van der Waals surface area contributed by atoms with Gasteiger partial charge in [0.2, 0.25) is 0 Å². The van der Waals surface area contributed by atoms with E-state index in [2.05, 4.69) is 5.10 Å². The van der Waals surface area contributed by atoms with Crippen LogP contribution in [-0.2, 0) is 7.05 Å². The van der Waals surface area contributed by atoms with Crippen LogP contribution in [0.4, 0.5) is 0 Å². The fourth-order valence-electron chi connectivity index (χ4n) is 0.822. The maximum absolute atomic E-state index is 5.32. The first-order chi connectivity index (χ1) is 5.33. The lowest BCUT2D eigenvalue weighted by Crippen LogP contribution is -1.95. The van der Waals surface area contributed by atoms with E-state index in [4.69, 9.17) is 5.73 Å². The van der Waals surface area contributed by atoms with E-state index in [9.17, 15) is 0 Å². The van der Waals surface area contributed by atoms with Gasteiger partial charge in [-0.05, 0) is 25.1 Å². The van der Waals surface area contributed by atoms with E-state index in [1.165, 1.54) is 0 Å². The quantitative estimate of drug-likeness (QED) is 0.693. The Kier molecular flexibility index (Phi) is 2.86. The van der Waals surface area contributed by atoms with Crippen LogP contribution < -0.4 is 5.73 Å². The first-order valence-corrected chi connectivity index (χ1v) is 3.69. The van der Waals surface area contributed by atoms with Crippen molar-refractivity contribution >= 4 is 6.08 Å². The van der Waals surface area contributed by atoms with Crippen molar-refractivity contribution in [2.75, 3.05) is 6.54 Å². The highest BCUT2D eigenvalue weighted by molar-refractivity contribution is 5.43. The molecular weight excluding hydrogens is 138 g/mol. The van der Waals surface area contributed by atoms with Gasteiger partial charge in [-0.25, -0.2) is 0 Å². The minimum Gasteiger partial charge on any atom is -0.330 e. The summed E-state index contributed by atoms with van der Waals surface area (Å²) < 4.78 is 1.78. The van der Waals surface area contributed by atoms with Crippen LogP contribution in [0.1, 0.15) is 12.1 Å². The van der Waals surface area contributed by atoms with Gasteiger partial charge in [-0.15, -0.1) is 0 Å². The van der Waals surface area contributed by atoms with Crippen molar-refractivity contribution in [1.82, 2.24) is 9.78 Å². The molecule has 1 aromatic rings. The Morgan fingerprint density at radius 2 is 2.55 bits per heavy atom. The van der Waals surface area contributed by atoms with Crippen LogP contribution >= 0.6 is 0 Å². The number of nitrogens with two attached hydrogens (primary N) is 1. The first kappa shape index (κ1) is 8.01. The fourth-order valence-corrected chi connectivity index (χ4v) is 0.822. The summed E-state index contributed by atoms with van der Waals surface area (Å²) in [5, 5.41) is 4.17. The number of hydrogen-bond donors (Lipinski definition) is 1. The van der Waals surface area contributed by atoms with Gasteiger partial charge in [0, 0.05) is 13.2 Å². The fraction of sp³-hybridized carbons (Fsp3) is 0.375. The second-order valence-electron chi connectivity index (χ2n) is 2.39. The molecule has 60 valence electrons. The Morgan fingerprint density at radius 3 is 3.09 bits per heavy atom. The third-order valence-electron chi connectivity index (χ3n) is 1.36. The molecule has 0 saturated heterocycles. The molecule has 0 aromatic carbocycles. The molecule has 1 aromatic heterocycles. The highest BCUT2D eigenvalue weighted by Crippen LogP contribution is 1.97. The topological polar surface area (TPSA) is 43.8 Å². The number of rotatable bonds is 3. The molecule has 0 amide bonds. The Balaban J connectivity index is 2.50. The van der Waals surface area contributed by atoms with Crippen LogP contribution in [0.2, 0.25) is 0 Å². The Bertz CT molecular complexity index is 237. The van der Waals surface area contributed by atoms with E-state index >= 15 is 0 Å². The van der Waals surface area contributed by atoms with Crippen LogP contribution in [0.5, 0.6) is 0 Å². The van der Waals surface area contributed by atoms with Gasteiger partial charge in [0.05, 0.1) is 5.69 Å². The normalized spacial score (nSPS) is 11.1. The molecule has 0 bridgehead atoms. The number of nitrogens with zero attached hydrogens (tertiary/aromatic N) is 2. The predicted molar refractivity (Wildman–Crippen MR) is 45.9 cm³/mol. The summed E-state index contributed by atoms with van der Waals surface area (Å²) in [4.78, 5) is 0. The third kappa shape index (κ3) is 2.55. The minimum absolute atomic E-state index is 0.698. The predicted octanol–water partition coefficient (Wildman–Crippen LogP) is 0.782. The van der Waals surface area contributed by atoms with Crippen molar-refractivity contribution in [3.05, 3.63) is 24.0 Å². The minimum atomic E-state index is 0.698.